The van der Waals surface area contributed by atoms with Crippen LogP contribution in [0.3, 0.4) is 0 Å². The van der Waals surface area contributed by atoms with E-state index in [0.717, 1.165) is 34.3 Å². The number of para-hydroxylation sites is 1. The Labute approximate surface area is 191 Å². The van der Waals surface area contributed by atoms with E-state index in [4.69, 9.17) is 4.99 Å². The van der Waals surface area contributed by atoms with Crippen LogP contribution in [0.5, 0.6) is 0 Å². The summed E-state index contributed by atoms with van der Waals surface area (Å²) in [6.07, 6.45) is 0.829. The van der Waals surface area contributed by atoms with Crippen LogP contribution in [-0.2, 0) is 4.79 Å². The fourth-order valence-corrected chi connectivity index (χ4v) is 5.84. The van der Waals surface area contributed by atoms with Gasteiger partial charge in [0.25, 0.3) is 5.91 Å². The molecule has 1 fully saturated rings. The van der Waals surface area contributed by atoms with Gasteiger partial charge >= 0.3 is 0 Å². The Morgan fingerprint density at radius 3 is 2.68 bits per heavy atom. The normalized spacial score (nSPS) is 19.2. The summed E-state index contributed by atoms with van der Waals surface area (Å²) in [4.78, 5) is 23.9. The predicted molar refractivity (Wildman–Crippen MR) is 130 cm³/mol. The molecular weight excluding hydrogens is 426 g/mol. The van der Waals surface area contributed by atoms with E-state index in [0.29, 0.717) is 27.9 Å². The number of nitrogens with zero attached hydrogens (tertiary/aromatic N) is 4. The minimum Gasteiger partial charge on any atom is -0.384 e. The predicted octanol–water partition coefficient (Wildman–Crippen LogP) is 5.37. The highest BCUT2D eigenvalue weighted by atomic mass is 32.2. The van der Waals surface area contributed by atoms with Gasteiger partial charge in [-0.25, -0.2) is 4.99 Å². The molecule has 8 heteroatoms. The number of aliphatic imine (C=N–C) groups is 1. The number of amidine groups is 1. The topological polar surface area (TPSA) is 71.7 Å². The molecule has 1 N–H and O–H groups in total. The van der Waals surface area contributed by atoms with E-state index in [2.05, 4.69) is 28.4 Å². The standard InChI is InChI=1S/C23H23N5OS2/c1-4-12-28-21(29)20(22-27(3)18-8-6-7-9-19(18)30-22)31-23(28)26-17-13-15(14-24)10-11-16(17)25-5-2/h6-11,13,25H,4-5,12H2,1-3H3. The van der Waals surface area contributed by atoms with Crippen molar-refractivity contribution in [1.29, 1.82) is 5.26 Å². The lowest BCUT2D eigenvalue weighted by Gasteiger charge is -2.16. The number of amides is 1. The number of nitrogens with one attached hydrogen (secondary N) is 1. The van der Waals surface area contributed by atoms with E-state index in [9.17, 15) is 10.1 Å². The Morgan fingerprint density at radius 1 is 1.16 bits per heavy atom. The number of nitriles is 1. The number of carbonyl (C=O) groups excluding carboxylic acids is 1. The lowest BCUT2D eigenvalue weighted by atomic mass is 10.2. The first-order valence-corrected chi connectivity index (χ1v) is 11.8. The highest BCUT2D eigenvalue weighted by Crippen LogP contribution is 2.50. The molecule has 0 unspecified atom stereocenters. The average molecular weight is 450 g/mol. The molecule has 0 radical (unpaired) electrons. The van der Waals surface area contributed by atoms with Crippen LogP contribution in [0.1, 0.15) is 25.8 Å². The molecule has 2 aromatic carbocycles. The van der Waals surface area contributed by atoms with Crippen LogP contribution in [0, 0.1) is 11.3 Å². The number of hydrogen-bond donors (Lipinski definition) is 1. The van der Waals surface area contributed by atoms with Gasteiger partial charge in [-0.3, -0.25) is 9.69 Å². The Morgan fingerprint density at radius 2 is 1.97 bits per heavy atom. The van der Waals surface area contributed by atoms with Gasteiger partial charge in [-0.2, -0.15) is 5.26 Å². The number of thioether (sulfide) groups is 2. The molecule has 2 aliphatic rings. The molecule has 158 valence electrons. The van der Waals surface area contributed by atoms with Crippen molar-refractivity contribution in [2.75, 3.05) is 30.4 Å². The maximum atomic E-state index is 13.4. The fourth-order valence-electron chi connectivity index (χ4n) is 3.48. The summed E-state index contributed by atoms with van der Waals surface area (Å²) in [5, 5.41) is 14.2. The smallest absolute Gasteiger partial charge is 0.269 e. The summed E-state index contributed by atoms with van der Waals surface area (Å²) in [6.45, 7) is 5.40. The van der Waals surface area contributed by atoms with Gasteiger partial charge in [0.2, 0.25) is 0 Å². The zero-order valence-corrected chi connectivity index (χ0v) is 19.3. The number of fused-ring (bicyclic) bond motifs is 1. The first-order valence-electron chi connectivity index (χ1n) is 10.2. The monoisotopic (exact) mass is 449 g/mol. The summed E-state index contributed by atoms with van der Waals surface area (Å²) in [5.41, 5.74) is 3.16. The van der Waals surface area contributed by atoms with Crippen LogP contribution in [-0.4, -0.2) is 36.1 Å². The van der Waals surface area contributed by atoms with Gasteiger partial charge < -0.3 is 10.2 Å². The van der Waals surface area contributed by atoms with Gasteiger partial charge in [0.1, 0.15) is 4.91 Å². The van der Waals surface area contributed by atoms with Crippen LogP contribution in [0.25, 0.3) is 0 Å². The molecule has 6 nitrogen and oxygen atoms in total. The second kappa shape index (κ2) is 9.08. The van der Waals surface area contributed by atoms with Gasteiger partial charge in [-0.05, 0) is 55.4 Å². The van der Waals surface area contributed by atoms with Crippen molar-refractivity contribution in [3.05, 3.63) is 58.0 Å². The molecule has 4 rings (SSSR count). The lowest BCUT2D eigenvalue weighted by Crippen LogP contribution is -2.30. The van der Waals surface area contributed by atoms with Crippen molar-refractivity contribution < 1.29 is 4.79 Å². The van der Waals surface area contributed by atoms with Gasteiger partial charge in [0.05, 0.1) is 33.7 Å². The summed E-state index contributed by atoms with van der Waals surface area (Å²) in [6, 6.07) is 15.7. The maximum Gasteiger partial charge on any atom is 0.269 e. The van der Waals surface area contributed by atoms with Crippen molar-refractivity contribution in [2.24, 2.45) is 4.99 Å². The summed E-state index contributed by atoms with van der Waals surface area (Å²) in [5.74, 6) is -0.0193. The molecule has 0 atom stereocenters. The first-order chi connectivity index (χ1) is 15.1. The second-order valence-corrected chi connectivity index (χ2v) is 9.10. The van der Waals surface area contributed by atoms with E-state index in [1.54, 1.807) is 28.8 Å². The van der Waals surface area contributed by atoms with Crippen LogP contribution >= 0.6 is 23.5 Å². The molecular formula is C23H23N5OS2. The fraction of sp³-hybridized carbons (Fsp3) is 0.261. The van der Waals surface area contributed by atoms with Crippen molar-refractivity contribution >= 4 is 51.7 Å². The Bertz CT molecular complexity index is 1140. The molecule has 31 heavy (non-hydrogen) atoms. The van der Waals surface area contributed by atoms with E-state index in [-0.39, 0.29) is 5.91 Å². The number of rotatable bonds is 5. The highest BCUT2D eigenvalue weighted by Gasteiger charge is 2.38. The minimum atomic E-state index is -0.0193. The third kappa shape index (κ3) is 4.03. The molecule has 0 saturated carbocycles. The molecule has 2 aromatic rings. The van der Waals surface area contributed by atoms with Crippen LogP contribution in [0.15, 0.2) is 62.3 Å². The summed E-state index contributed by atoms with van der Waals surface area (Å²) >= 11 is 3.02. The maximum absolute atomic E-state index is 13.4. The number of benzene rings is 2. The molecule has 1 saturated heterocycles. The minimum absolute atomic E-state index is 0.0193. The van der Waals surface area contributed by atoms with Gasteiger partial charge in [0, 0.05) is 25.0 Å². The van der Waals surface area contributed by atoms with Crippen molar-refractivity contribution in [2.45, 2.75) is 25.2 Å². The van der Waals surface area contributed by atoms with Crippen molar-refractivity contribution in [3.8, 4) is 6.07 Å². The highest BCUT2D eigenvalue weighted by molar-refractivity contribution is 8.19. The molecule has 0 spiro atoms. The lowest BCUT2D eigenvalue weighted by molar-refractivity contribution is -0.122. The third-order valence-corrected chi connectivity index (χ3v) is 7.39. The molecule has 2 aliphatic heterocycles. The zero-order chi connectivity index (χ0) is 22.0. The van der Waals surface area contributed by atoms with E-state index in [1.807, 2.05) is 39.1 Å². The molecule has 0 aromatic heterocycles. The van der Waals surface area contributed by atoms with Crippen LogP contribution < -0.4 is 10.2 Å². The second-order valence-electron chi connectivity index (χ2n) is 7.09. The largest absolute Gasteiger partial charge is 0.384 e. The SMILES string of the molecule is CCCN1C(=O)C(=C2Sc3ccccc3N2C)SC1=Nc1cc(C#N)ccc1NCC. The molecule has 1 amide bonds. The van der Waals surface area contributed by atoms with E-state index in [1.165, 1.54) is 11.8 Å². The van der Waals surface area contributed by atoms with Crippen molar-refractivity contribution in [1.82, 2.24) is 4.90 Å². The summed E-state index contributed by atoms with van der Waals surface area (Å²) in [7, 11) is 1.99. The quantitative estimate of drug-likeness (QED) is 0.619. The van der Waals surface area contributed by atoms with Crippen LogP contribution in [0.2, 0.25) is 0 Å². The van der Waals surface area contributed by atoms with Gasteiger partial charge in [-0.1, -0.05) is 30.8 Å². The third-order valence-electron chi connectivity index (χ3n) is 4.95. The zero-order valence-electron chi connectivity index (χ0n) is 17.7. The number of anilines is 2. The Balaban J connectivity index is 1.76. The van der Waals surface area contributed by atoms with E-state index < -0.39 is 0 Å². The first kappa shape index (κ1) is 21.3. The number of carbonyl (C=O) groups is 1. The van der Waals surface area contributed by atoms with E-state index >= 15 is 0 Å². The van der Waals surface area contributed by atoms with Crippen LogP contribution in [0.4, 0.5) is 17.1 Å². The Kier molecular flexibility index (Phi) is 6.25. The van der Waals surface area contributed by atoms with Gasteiger partial charge in [-0.15, -0.1) is 0 Å². The molecule has 0 bridgehead atoms. The summed E-state index contributed by atoms with van der Waals surface area (Å²) < 4.78 is 0. The molecule has 0 aliphatic carbocycles. The van der Waals surface area contributed by atoms with Crippen molar-refractivity contribution in [3.63, 3.8) is 0 Å². The van der Waals surface area contributed by atoms with Gasteiger partial charge in [0.15, 0.2) is 5.17 Å². The molecule has 2 heterocycles. The average Bonchev–Trinajstić information content (AvgIpc) is 3.27. The Hall–Kier alpha value is -2.89. The number of hydrogen-bond acceptors (Lipinski definition) is 7.